The van der Waals surface area contributed by atoms with E-state index in [4.69, 9.17) is 5.11 Å². The molecule has 0 bridgehead atoms. The van der Waals surface area contributed by atoms with Crippen molar-refractivity contribution in [3.63, 3.8) is 0 Å². The number of aliphatic hydroxyl groups excluding tert-OH is 1. The Hall–Kier alpha value is -0.290. The molecule has 0 heterocycles. The maximum atomic E-state index is 11.6. The van der Waals surface area contributed by atoms with E-state index in [1.54, 1.807) is 0 Å². The lowest BCUT2D eigenvalue weighted by Crippen LogP contribution is -2.36. The van der Waals surface area contributed by atoms with Crippen LogP contribution in [0.2, 0.25) is 0 Å². The zero-order chi connectivity index (χ0) is 9.19. The van der Waals surface area contributed by atoms with Gasteiger partial charge in [-0.15, -0.1) is 13.2 Å². The van der Waals surface area contributed by atoms with Gasteiger partial charge in [0.15, 0.2) is 0 Å². The molecule has 0 atom stereocenters. The van der Waals surface area contributed by atoms with Crippen molar-refractivity contribution in [2.75, 3.05) is 6.61 Å². The highest BCUT2D eigenvalue weighted by atomic mass is 19.4. The third-order valence-electron chi connectivity index (χ3n) is 2.03. The van der Waals surface area contributed by atoms with Crippen molar-refractivity contribution in [3.8, 4) is 0 Å². The van der Waals surface area contributed by atoms with Crippen molar-refractivity contribution in [2.24, 2.45) is 5.92 Å². The predicted molar refractivity (Wildman–Crippen MR) is 35.4 cm³/mol. The molecule has 12 heavy (non-hydrogen) atoms. The molecule has 1 aliphatic rings. The van der Waals surface area contributed by atoms with Crippen molar-refractivity contribution in [1.82, 2.24) is 0 Å². The Kier molecular flexibility index (Phi) is 2.95. The highest BCUT2D eigenvalue weighted by Gasteiger charge is 2.39. The maximum Gasteiger partial charge on any atom is 0.522 e. The molecule has 0 aromatic heterocycles. The van der Waals surface area contributed by atoms with Gasteiger partial charge in [-0.25, -0.2) is 0 Å². The molecule has 0 aromatic rings. The molecule has 2 nitrogen and oxygen atoms in total. The molecular formula is C7H11F3O2. The fraction of sp³-hybridized carbons (Fsp3) is 1.00. The van der Waals surface area contributed by atoms with Crippen molar-refractivity contribution in [1.29, 1.82) is 0 Å². The van der Waals surface area contributed by atoms with E-state index in [-0.39, 0.29) is 12.5 Å². The summed E-state index contributed by atoms with van der Waals surface area (Å²) in [5.41, 5.74) is 0. The molecule has 72 valence electrons. The molecule has 0 aliphatic heterocycles. The van der Waals surface area contributed by atoms with Crippen LogP contribution in [-0.2, 0) is 4.74 Å². The summed E-state index contributed by atoms with van der Waals surface area (Å²) in [6.07, 6.45) is -3.77. The summed E-state index contributed by atoms with van der Waals surface area (Å²) in [6, 6.07) is 0. The molecule has 0 spiro atoms. The fourth-order valence-electron chi connectivity index (χ4n) is 1.38. The summed E-state index contributed by atoms with van der Waals surface area (Å²) in [6.45, 7) is 0.0450. The topological polar surface area (TPSA) is 29.5 Å². The van der Waals surface area contributed by atoms with Crippen LogP contribution in [-0.4, -0.2) is 24.2 Å². The van der Waals surface area contributed by atoms with Crippen molar-refractivity contribution < 1.29 is 23.0 Å². The van der Waals surface area contributed by atoms with E-state index in [1.807, 2.05) is 0 Å². The van der Waals surface area contributed by atoms with E-state index in [9.17, 15) is 13.2 Å². The van der Waals surface area contributed by atoms with E-state index >= 15 is 0 Å². The van der Waals surface area contributed by atoms with E-state index < -0.39 is 12.5 Å². The first-order chi connectivity index (χ1) is 5.51. The van der Waals surface area contributed by atoms with Crippen LogP contribution < -0.4 is 0 Å². The Bertz CT molecular complexity index is 140. The van der Waals surface area contributed by atoms with Crippen molar-refractivity contribution >= 4 is 0 Å². The summed E-state index contributed by atoms with van der Waals surface area (Å²) in [7, 11) is 0. The Labute approximate surface area is 68.3 Å². The summed E-state index contributed by atoms with van der Waals surface area (Å²) in [5, 5.41) is 8.46. The van der Waals surface area contributed by atoms with Crippen LogP contribution >= 0.6 is 0 Å². The van der Waals surface area contributed by atoms with E-state index in [1.165, 1.54) is 0 Å². The first kappa shape index (κ1) is 9.80. The normalized spacial score (nSPS) is 30.0. The summed E-state index contributed by atoms with van der Waals surface area (Å²) in [4.78, 5) is 0. The molecule has 0 radical (unpaired) electrons. The highest BCUT2D eigenvalue weighted by molar-refractivity contribution is 4.80. The Morgan fingerprint density at radius 2 is 1.92 bits per heavy atom. The third-order valence-corrected chi connectivity index (χ3v) is 2.03. The van der Waals surface area contributed by atoms with Gasteiger partial charge in [0.25, 0.3) is 0 Å². The second-order valence-corrected chi connectivity index (χ2v) is 3.04. The van der Waals surface area contributed by atoms with Gasteiger partial charge in [-0.1, -0.05) is 0 Å². The van der Waals surface area contributed by atoms with Crippen LogP contribution in [0.15, 0.2) is 0 Å². The minimum absolute atomic E-state index is 0.0450. The zero-order valence-electron chi connectivity index (χ0n) is 6.47. The molecule has 1 saturated carbocycles. The molecule has 1 fully saturated rings. The largest absolute Gasteiger partial charge is 0.522 e. The molecule has 0 aromatic carbocycles. The molecule has 5 heteroatoms. The van der Waals surface area contributed by atoms with E-state index in [0.717, 1.165) is 0 Å². The number of ether oxygens (including phenoxy) is 1. The third kappa shape index (κ3) is 2.98. The van der Waals surface area contributed by atoms with E-state index in [0.29, 0.717) is 19.3 Å². The number of halogens is 3. The smallest absolute Gasteiger partial charge is 0.396 e. The number of aliphatic hydroxyl groups is 1. The lowest BCUT2D eigenvalue weighted by atomic mass is 9.80. The zero-order valence-corrected chi connectivity index (χ0v) is 6.47. The summed E-state index contributed by atoms with van der Waals surface area (Å²) in [5.74, 6) is 0.211. The first-order valence-electron chi connectivity index (χ1n) is 3.86. The number of alkyl halides is 3. The number of hydrogen-bond donors (Lipinski definition) is 1. The van der Waals surface area contributed by atoms with Gasteiger partial charge in [0.2, 0.25) is 0 Å². The minimum Gasteiger partial charge on any atom is -0.396 e. The molecule has 0 saturated heterocycles. The lowest BCUT2D eigenvalue weighted by molar-refractivity contribution is -0.354. The van der Waals surface area contributed by atoms with Gasteiger partial charge in [-0.3, -0.25) is 4.74 Å². The molecule has 0 unspecified atom stereocenters. The first-order valence-corrected chi connectivity index (χ1v) is 3.86. The van der Waals surface area contributed by atoms with Gasteiger partial charge in [-0.2, -0.15) is 0 Å². The molecule has 1 aliphatic carbocycles. The predicted octanol–water partition coefficient (Wildman–Crippen LogP) is 1.68. The van der Waals surface area contributed by atoms with Gasteiger partial charge in [0.1, 0.15) is 0 Å². The summed E-state index contributed by atoms with van der Waals surface area (Å²) >= 11 is 0. The SMILES string of the molecule is OCC[C@H]1C[C@@H](OC(F)(F)F)C1. The van der Waals surface area contributed by atoms with Crippen LogP contribution in [0.3, 0.4) is 0 Å². The van der Waals surface area contributed by atoms with Crippen LogP contribution in [0.1, 0.15) is 19.3 Å². The number of rotatable bonds is 3. The minimum atomic E-state index is -4.51. The van der Waals surface area contributed by atoms with Crippen molar-refractivity contribution in [3.05, 3.63) is 0 Å². The van der Waals surface area contributed by atoms with E-state index in [2.05, 4.69) is 4.74 Å². The van der Waals surface area contributed by atoms with Gasteiger partial charge < -0.3 is 5.11 Å². The van der Waals surface area contributed by atoms with Gasteiger partial charge in [0, 0.05) is 6.61 Å². The average molecular weight is 184 g/mol. The van der Waals surface area contributed by atoms with Crippen LogP contribution in [0, 0.1) is 5.92 Å². The second kappa shape index (κ2) is 3.62. The highest BCUT2D eigenvalue weighted by Crippen LogP contribution is 2.36. The lowest BCUT2D eigenvalue weighted by Gasteiger charge is -2.34. The van der Waals surface area contributed by atoms with Crippen molar-refractivity contribution in [2.45, 2.75) is 31.7 Å². The molecule has 1 rings (SSSR count). The van der Waals surface area contributed by atoms with Gasteiger partial charge in [0.05, 0.1) is 6.10 Å². The molecular weight excluding hydrogens is 173 g/mol. The monoisotopic (exact) mass is 184 g/mol. The Morgan fingerprint density at radius 3 is 2.33 bits per heavy atom. The quantitative estimate of drug-likeness (QED) is 0.723. The van der Waals surface area contributed by atoms with Crippen LogP contribution in [0.4, 0.5) is 13.2 Å². The molecule has 1 N–H and O–H groups in total. The average Bonchev–Trinajstić information content (AvgIpc) is 1.80. The summed E-state index contributed by atoms with van der Waals surface area (Å²) < 4.78 is 38.5. The van der Waals surface area contributed by atoms with Gasteiger partial charge in [-0.05, 0) is 25.2 Å². The number of hydrogen-bond acceptors (Lipinski definition) is 2. The van der Waals surface area contributed by atoms with Crippen LogP contribution in [0.25, 0.3) is 0 Å². The van der Waals surface area contributed by atoms with Gasteiger partial charge >= 0.3 is 6.36 Å². The molecule has 0 amide bonds. The Morgan fingerprint density at radius 1 is 1.33 bits per heavy atom. The second-order valence-electron chi connectivity index (χ2n) is 3.04. The maximum absolute atomic E-state index is 11.6. The Balaban J connectivity index is 2.10. The fourth-order valence-corrected chi connectivity index (χ4v) is 1.38. The standard InChI is InChI=1S/C7H11F3O2/c8-7(9,10)12-6-3-5(4-6)1-2-11/h5-6,11H,1-4H2/t5-,6+. The van der Waals surface area contributed by atoms with Crippen LogP contribution in [0.5, 0.6) is 0 Å².